The molecule has 0 fully saturated rings. The Kier molecular flexibility index (Phi) is 8.90. The molecule has 0 saturated heterocycles. The lowest BCUT2D eigenvalue weighted by molar-refractivity contribution is 0.123. The topological polar surface area (TPSA) is 18.5 Å². The minimum Gasteiger partial charge on any atom is -0.315 e. The Morgan fingerprint density at radius 3 is 2.12 bits per heavy atom. The summed E-state index contributed by atoms with van der Waals surface area (Å²) < 4.78 is 0. The summed E-state index contributed by atoms with van der Waals surface area (Å²) in [5.74, 6) is 0. The van der Waals surface area contributed by atoms with Gasteiger partial charge in [0.2, 0.25) is 0 Å². The van der Waals surface area contributed by atoms with Gasteiger partial charge < -0.3 is 10.2 Å². The first-order chi connectivity index (χ1) is 7.56. The highest BCUT2D eigenvalue weighted by molar-refractivity contribution is 4.78. The number of rotatable bonds is 9. The molecule has 3 nitrogen and oxygen atoms in total. The third-order valence-corrected chi connectivity index (χ3v) is 3.13. The molecule has 0 amide bonds. The van der Waals surface area contributed by atoms with E-state index in [0.717, 1.165) is 26.2 Å². The van der Waals surface area contributed by atoms with Crippen molar-refractivity contribution in [1.82, 2.24) is 15.1 Å². The zero-order chi connectivity index (χ0) is 12.6. The second-order valence-electron chi connectivity index (χ2n) is 4.81. The third kappa shape index (κ3) is 5.83. The summed E-state index contributed by atoms with van der Waals surface area (Å²) in [5.41, 5.74) is 0. The average molecular weight is 229 g/mol. The number of nitrogens with one attached hydrogen (secondary N) is 1. The molecule has 0 aromatic carbocycles. The number of likely N-dealkylation sites (N-methyl/N-ethyl adjacent to an activating group) is 3. The maximum absolute atomic E-state index is 3.47. The lowest BCUT2D eigenvalue weighted by Gasteiger charge is -2.36. The van der Waals surface area contributed by atoms with E-state index in [1.807, 2.05) is 0 Å². The third-order valence-electron chi connectivity index (χ3n) is 3.13. The van der Waals surface area contributed by atoms with Crippen molar-refractivity contribution < 1.29 is 0 Å². The zero-order valence-corrected chi connectivity index (χ0v) is 12.1. The summed E-state index contributed by atoms with van der Waals surface area (Å²) in [5, 5.41) is 3.47. The van der Waals surface area contributed by atoms with Crippen molar-refractivity contribution in [3.8, 4) is 0 Å². The Labute approximate surface area is 102 Å². The van der Waals surface area contributed by atoms with Crippen LogP contribution in [0, 0.1) is 0 Å². The van der Waals surface area contributed by atoms with Crippen molar-refractivity contribution in [2.45, 2.75) is 46.2 Å². The largest absolute Gasteiger partial charge is 0.315 e. The maximum atomic E-state index is 3.47. The summed E-state index contributed by atoms with van der Waals surface area (Å²) in [4.78, 5) is 4.88. The molecule has 16 heavy (non-hydrogen) atoms. The van der Waals surface area contributed by atoms with E-state index in [2.05, 4.69) is 56.9 Å². The van der Waals surface area contributed by atoms with Crippen LogP contribution in [-0.2, 0) is 0 Å². The van der Waals surface area contributed by atoms with Crippen molar-refractivity contribution in [3.05, 3.63) is 0 Å². The van der Waals surface area contributed by atoms with Gasteiger partial charge in [-0.1, -0.05) is 20.8 Å². The van der Waals surface area contributed by atoms with Gasteiger partial charge in [-0.25, -0.2) is 0 Å². The van der Waals surface area contributed by atoms with Crippen LogP contribution in [0.15, 0.2) is 0 Å². The van der Waals surface area contributed by atoms with E-state index in [-0.39, 0.29) is 0 Å². The fourth-order valence-corrected chi connectivity index (χ4v) is 2.37. The van der Waals surface area contributed by atoms with Gasteiger partial charge in [0.15, 0.2) is 0 Å². The fourth-order valence-electron chi connectivity index (χ4n) is 2.37. The monoisotopic (exact) mass is 229 g/mol. The lowest BCUT2D eigenvalue weighted by atomic mass is 10.1. The zero-order valence-electron chi connectivity index (χ0n) is 12.1. The van der Waals surface area contributed by atoms with Crippen LogP contribution in [0.4, 0.5) is 0 Å². The van der Waals surface area contributed by atoms with E-state index in [1.165, 1.54) is 6.42 Å². The predicted molar refractivity (Wildman–Crippen MR) is 73.0 cm³/mol. The minimum atomic E-state index is 0.628. The van der Waals surface area contributed by atoms with Crippen LogP contribution in [0.2, 0.25) is 0 Å². The van der Waals surface area contributed by atoms with Gasteiger partial charge in [0.05, 0.1) is 0 Å². The van der Waals surface area contributed by atoms with Gasteiger partial charge in [-0.2, -0.15) is 0 Å². The summed E-state index contributed by atoms with van der Waals surface area (Å²) in [6.45, 7) is 13.5. The van der Waals surface area contributed by atoms with E-state index in [9.17, 15) is 0 Å². The Balaban J connectivity index is 4.29. The summed E-state index contributed by atoms with van der Waals surface area (Å²) in [6.07, 6.45) is 1.22. The van der Waals surface area contributed by atoms with Crippen LogP contribution in [0.3, 0.4) is 0 Å². The van der Waals surface area contributed by atoms with Crippen molar-refractivity contribution in [3.63, 3.8) is 0 Å². The van der Waals surface area contributed by atoms with Gasteiger partial charge in [0.25, 0.3) is 0 Å². The van der Waals surface area contributed by atoms with E-state index < -0.39 is 0 Å². The Hall–Kier alpha value is -0.120. The highest BCUT2D eigenvalue weighted by Gasteiger charge is 2.20. The molecule has 2 atom stereocenters. The average Bonchev–Trinajstić information content (AvgIpc) is 2.22. The molecule has 98 valence electrons. The van der Waals surface area contributed by atoms with Crippen LogP contribution < -0.4 is 5.32 Å². The molecule has 0 radical (unpaired) electrons. The highest BCUT2D eigenvalue weighted by atomic mass is 15.2. The molecule has 0 rings (SSSR count). The first kappa shape index (κ1) is 15.9. The Morgan fingerprint density at radius 2 is 1.75 bits per heavy atom. The standard InChI is InChI=1S/C13H31N3/c1-7-13(10-14-8-2)16(9-3)12(4)11-15(5)6/h12-14H,7-11H2,1-6H3. The van der Waals surface area contributed by atoms with Crippen molar-refractivity contribution in [2.75, 3.05) is 40.3 Å². The highest BCUT2D eigenvalue weighted by Crippen LogP contribution is 2.09. The van der Waals surface area contributed by atoms with Crippen LogP contribution in [0.1, 0.15) is 34.1 Å². The quantitative estimate of drug-likeness (QED) is 0.648. The summed E-state index contributed by atoms with van der Waals surface area (Å²) in [6, 6.07) is 1.29. The smallest absolute Gasteiger partial charge is 0.0221 e. The first-order valence-electron chi connectivity index (χ1n) is 6.67. The van der Waals surface area contributed by atoms with E-state index >= 15 is 0 Å². The SMILES string of the molecule is CCNCC(CC)N(CC)C(C)CN(C)C. The van der Waals surface area contributed by atoms with Crippen LogP contribution in [-0.4, -0.2) is 62.2 Å². The van der Waals surface area contributed by atoms with E-state index in [0.29, 0.717) is 12.1 Å². The van der Waals surface area contributed by atoms with Crippen LogP contribution in [0.5, 0.6) is 0 Å². The van der Waals surface area contributed by atoms with E-state index in [1.54, 1.807) is 0 Å². The molecule has 0 aliphatic carbocycles. The molecule has 0 heterocycles. The van der Waals surface area contributed by atoms with E-state index in [4.69, 9.17) is 0 Å². The number of hydrogen-bond acceptors (Lipinski definition) is 3. The lowest BCUT2D eigenvalue weighted by Crippen LogP contribution is -2.49. The normalized spacial score (nSPS) is 15.8. The molecule has 0 aliphatic heterocycles. The summed E-state index contributed by atoms with van der Waals surface area (Å²) in [7, 11) is 4.30. The molecule has 0 aliphatic rings. The van der Waals surface area contributed by atoms with Crippen molar-refractivity contribution >= 4 is 0 Å². The fraction of sp³-hybridized carbons (Fsp3) is 1.00. The number of nitrogens with zero attached hydrogens (tertiary/aromatic N) is 2. The molecular formula is C13H31N3. The molecular weight excluding hydrogens is 198 g/mol. The van der Waals surface area contributed by atoms with Gasteiger partial charge in [-0.3, -0.25) is 4.90 Å². The molecule has 0 spiro atoms. The van der Waals surface area contributed by atoms with Gasteiger partial charge in [0.1, 0.15) is 0 Å². The Bertz CT molecular complexity index is 159. The molecule has 0 saturated carbocycles. The van der Waals surface area contributed by atoms with Crippen LogP contribution >= 0.6 is 0 Å². The van der Waals surface area contributed by atoms with Crippen LogP contribution in [0.25, 0.3) is 0 Å². The van der Waals surface area contributed by atoms with Gasteiger partial charge in [0, 0.05) is 25.2 Å². The Morgan fingerprint density at radius 1 is 1.12 bits per heavy atom. The molecule has 0 aromatic heterocycles. The maximum Gasteiger partial charge on any atom is 0.0221 e. The van der Waals surface area contributed by atoms with Gasteiger partial charge in [-0.05, 0) is 40.5 Å². The molecule has 2 unspecified atom stereocenters. The molecule has 0 bridgehead atoms. The summed E-state index contributed by atoms with van der Waals surface area (Å²) >= 11 is 0. The molecule has 1 N–H and O–H groups in total. The molecule has 0 aromatic rings. The first-order valence-corrected chi connectivity index (χ1v) is 6.67. The minimum absolute atomic E-state index is 0.628. The second-order valence-corrected chi connectivity index (χ2v) is 4.81. The van der Waals surface area contributed by atoms with Gasteiger partial charge >= 0.3 is 0 Å². The second kappa shape index (κ2) is 8.97. The van der Waals surface area contributed by atoms with Gasteiger partial charge in [-0.15, -0.1) is 0 Å². The van der Waals surface area contributed by atoms with Crippen molar-refractivity contribution in [2.24, 2.45) is 0 Å². The van der Waals surface area contributed by atoms with Crippen molar-refractivity contribution in [1.29, 1.82) is 0 Å². The number of hydrogen-bond donors (Lipinski definition) is 1. The predicted octanol–water partition coefficient (Wildman–Crippen LogP) is 1.65. The molecule has 3 heteroatoms.